The Hall–Kier alpha value is -3.85. The number of nitro groups is 1. The number of hydrogen-bond donors (Lipinski definition) is 1. The molecule has 0 radical (unpaired) electrons. The van der Waals surface area contributed by atoms with Crippen LogP contribution in [0.2, 0.25) is 0 Å². The highest BCUT2D eigenvalue weighted by Crippen LogP contribution is 2.29. The maximum atomic E-state index is 12.4. The molecule has 0 atom stereocenters. The Labute approximate surface area is 182 Å². The Morgan fingerprint density at radius 1 is 1.03 bits per heavy atom. The normalized spacial score (nSPS) is 10.2. The molecule has 0 unspecified atom stereocenters. The van der Waals surface area contributed by atoms with E-state index in [4.69, 9.17) is 9.47 Å². The van der Waals surface area contributed by atoms with Crippen molar-refractivity contribution in [2.45, 2.75) is 4.90 Å². The van der Waals surface area contributed by atoms with E-state index in [2.05, 4.69) is 5.32 Å². The summed E-state index contributed by atoms with van der Waals surface area (Å²) < 4.78 is 10.8. The molecule has 8 nitrogen and oxygen atoms in total. The minimum Gasteiger partial charge on any atom is -0.455 e. The summed E-state index contributed by atoms with van der Waals surface area (Å²) in [5.74, 6) is -0.555. The molecule has 0 aliphatic carbocycles. The third kappa shape index (κ3) is 5.83. The number of thioether (sulfide) groups is 1. The van der Waals surface area contributed by atoms with Gasteiger partial charge in [-0.2, -0.15) is 0 Å². The van der Waals surface area contributed by atoms with Crippen LogP contribution in [0.5, 0.6) is 11.5 Å². The molecule has 0 spiro atoms. The van der Waals surface area contributed by atoms with Crippen LogP contribution in [0, 0.1) is 10.1 Å². The van der Waals surface area contributed by atoms with Gasteiger partial charge in [-0.3, -0.25) is 14.9 Å². The number of nitrogens with zero attached hydrogens (tertiary/aromatic N) is 1. The monoisotopic (exact) mass is 438 g/mol. The lowest BCUT2D eigenvalue weighted by Crippen LogP contribution is -2.21. The average molecular weight is 438 g/mol. The molecule has 0 saturated heterocycles. The van der Waals surface area contributed by atoms with Crippen LogP contribution < -0.4 is 10.1 Å². The van der Waals surface area contributed by atoms with Crippen LogP contribution in [0.25, 0.3) is 0 Å². The molecule has 0 fully saturated rings. The van der Waals surface area contributed by atoms with Gasteiger partial charge in [0, 0.05) is 11.0 Å². The maximum absolute atomic E-state index is 12.4. The molecule has 3 aromatic carbocycles. The van der Waals surface area contributed by atoms with Crippen LogP contribution in [0.1, 0.15) is 10.4 Å². The molecule has 0 saturated carbocycles. The number of esters is 1. The van der Waals surface area contributed by atoms with E-state index in [-0.39, 0.29) is 11.3 Å². The number of amides is 1. The van der Waals surface area contributed by atoms with E-state index >= 15 is 0 Å². The van der Waals surface area contributed by atoms with Crippen molar-refractivity contribution in [1.82, 2.24) is 0 Å². The number of anilines is 1. The summed E-state index contributed by atoms with van der Waals surface area (Å²) in [4.78, 5) is 35.9. The highest BCUT2D eigenvalue weighted by Gasteiger charge is 2.23. The molecule has 3 rings (SSSR count). The van der Waals surface area contributed by atoms with Gasteiger partial charge in [-0.15, -0.1) is 11.8 Å². The lowest BCUT2D eigenvalue weighted by Gasteiger charge is -2.12. The first-order valence-corrected chi connectivity index (χ1v) is 10.3. The molecular formula is C22H18N2O6S. The van der Waals surface area contributed by atoms with E-state index in [1.807, 2.05) is 18.2 Å². The Balaban J connectivity index is 1.66. The summed E-state index contributed by atoms with van der Waals surface area (Å²) in [5.41, 5.74) is -0.204. The van der Waals surface area contributed by atoms with Crippen molar-refractivity contribution in [3.05, 3.63) is 88.5 Å². The number of nitro benzene ring substituents is 1. The number of nitrogens with one attached hydrogen (secondary N) is 1. The number of ether oxygens (including phenoxy) is 2. The van der Waals surface area contributed by atoms with E-state index < -0.39 is 23.4 Å². The lowest BCUT2D eigenvalue weighted by atomic mass is 10.2. The van der Waals surface area contributed by atoms with Gasteiger partial charge in [0.25, 0.3) is 11.6 Å². The van der Waals surface area contributed by atoms with Crippen LogP contribution in [0.3, 0.4) is 0 Å². The fourth-order valence-electron chi connectivity index (χ4n) is 2.63. The van der Waals surface area contributed by atoms with Crippen molar-refractivity contribution in [2.75, 3.05) is 18.2 Å². The van der Waals surface area contributed by atoms with Gasteiger partial charge in [0.1, 0.15) is 11.3 Å². The SMILES string of the molecule is CSc1ccc([N+](=O)[O-])c(C(=O)OCC(=O)Nc2ccccc2Oc2ccccc2)c1. The van der Waals surface area contributed by atoms with E-state index in [0.29, 0.717) is 22.1 Å². The molecule has 158 valence electrons. The molecule has 1 N–H and O–H groups in total. The predicted octanol–water partition coefficient (Wildman–Crippen LogP) is 4.90. The van der Waals surface area contributed by atoms with Crippen LogP contribution in [-0.2, 0) is 9.53 Å². The van der Waals surface area contributed by atoms with Crippen molar-refractivity contribution in [3.8, 4) is 11.5 Å². The highest BCUT2D eigenvalue weighted by atomic mass is 32.2. The van der Waals surface area contributed by atoms with Gasteiger partial charge in [-0.1, -0.05) is 30.3 Å². The standard InChI is InChI=1S/C22H18N2O6S/c1-31-16-11-12-19(24(27)28)17(13-16)22(26)29-14-21(25)23-18-9-5-6-10-20(18)30-15-7-3-2-4-8-15/h2-13H,14H2,1H3,(H,23,25). The van der Waals surface area contributed by atoms with Crippen molar-refractivity contribution in [3.63, 3.8) is 0 Å². The minimum atomic E-state index is -0.952. The predicted molar refractivity (Wildman–Crippen MR) is 117 cm³/mol. The highest BCUT2D eigenvalue weighted by molar-refractivity contribution is 7.98. The smallest absolute Gasteiger partial charge is 0.345 e. The molecule has 0 aromatic heterocycles. The molecule has 0 heterocycles. The van der Waals surface area contributed by atoms with Gasteiger partial charge < -0.3 is 14.8 Å². The molecular weight excluding hydrogens is 420 g/mol. The summed E-state index contributed by atoms with van der Waals surface area (Å²) in [5, 5.41) is 13.8. The number of carbonyl (C=O) groups excluding carboxylic acids is 2. The van der Waals surface area contributed by atoms with E-state index in [0.717, 1.165) is 0 Å². The third-order valence-electron chi connectivity index (χ3n) is 4.09. The second-order valence-corrected chi connectivity index (χ2v) is 7.06. The van der Waals surface area contributed by atoms with Crippen molar-refractivity contribution >= 4 is 35.0 Å². The quantitative estimate of drug-likeness (QED) is 0.230. The second-order valence-electron chi connectivity index (χ2n) is 6.18. The number of benzene rings is 3. The maximum Gasteiger partial charge on any atom is 0.345 e. The number of para-hydroxylation sites is 3. The van der Waals surface area contributed by atoms with E-state index in [1.54, 1.807) is 42.7 Å². The molecule has 0 aliphatic heterocycles. The summed E-state index contributed by atoms with van der Waals surface area (Å²) in [6, 6.07) is 20.0. The summed E-state index contributed by atoms with van der Waals surface area (Å²) >= 11 is 1.33. The van der Waals surface area contributed by atoms with Crippen LogP contribution >= 0.6 is 11.8 Å². The summed E-state index contributed by atoms with van der Waals surface area (Å²) in [6.07, 6.45) is 1.78. The van der Waals surface area contributed by atoms with Crippen LogP contribution in [0.4, 0.5) is 11.4 Å². The van der Waals surface area contributed by atoms with Crippen LogP contribution in [0.15, 0.2) is 77.7 Å². The minimum absolute atomic E-state index is 0.211. The fraction of sp³-hybridized carbons (Fsp3) is 0.0909. The zero-order valence-corrected chi connectivity index (χ0v) is 17.3. The molecule has 31 heavy (non-hydrogen) atoms. The number of hydrogen-bond acceptors (Lipinski definition) is 7. The number of rotatable bonds is 8. The largest absolute Gasteiger partial charge is 0.455 e. The Bertz CT molecular complexity index is 1100. The zero-order chi connectivity index (χ0) is 22.2. The van der Waals surface area contributed by atoms with E-state index in [1.165, 1.54) is 30.0 Å². The van der Waals surface area contributed by atoms with Gasteiger partial charge >= 0.3 is 5.97 Å². The Morgan fingerprint density at radius 3 is 2.45 bits per heavy atom. The second kappa shape index (κ2) is 10.3. The summed E-state index contributed by atoms with van der Waals surface area (Å²) in [7, 11) is 0. The topological polar surface area (TPSA) is 108 Å². The molecule has 0 aliphatic rings. The Kier molecular flexibility index (Phi) is 7.23. The van der Waals surface area contributed by atoms with Gasteiger partial charge in [-0.25, -0.2) is 4.79 Å². The van der Waals surface area contributed by atoms with Gasteiger partial charge in [-0.05, 0) is 42.7 Å². The lowest BCUT2D eigenvalue weighted by molar-refractivity contribution is -0.385. The van der Waals surface area contributed by atoms with Crippen molar-refractivity contribution in [2.24, 2.45) is 0 Å². The van der Waals surface area contributed by atoms with Gasteiger partial charge in [0.15, 0.2) is 12.4 Å². The molecule has 0 bridgehead atoms. The number of carbonyl (C=O) groups is 2. The first-order chi connectivity index (χ1) is 15.0. The van der Waals surface area contributed by atoms with Crippen molar-refractivity contribution < 1.29 is 24.0 Å². The third-order valence-corrected chi connectivity index (χ3v) is 4.81. The van der Waals surface area contributed by atoms with Gasteiger partial charge in [0.2, 0.25) is 0 Å². The van der Waals surface area contributed by atoms with Crippen molar-refractivity contribution in [1.29, 1.82) is 0 Å². The van der Waals surface area contributed by atoms with Gasteiger partial charge in [0.05, 0.1) is 10.6 Å². The zero-order valence-electron chi connectivity index (χ0n) is 16.4. The first-order valence-electron chi connectivity index (χ1n) is 9.09. The van der Waals surface area contributed by atoms with Crippen LogP contribution in [-0.4, -0.2) is 29.7 Å². The molecule has 1 amide bonds. The van der Waals surface area contributed by atoms with E-state index in [9.17, 15) is 19.7 Å². The summed E-state index contributed by atoms with van der Waals surface area (Å²) in [6.45, 7) is -0.612. The Morgan fingerprint density at radius 2 is 1.74 bits per heavy atom. The average Bonchev–Trinajstić information content (AvgIpc) is 2.79. The molecule has 3 aromatic rings. The first kappa shape index (κ1) is 21.8. The molecule has 9 heteroatoms. The fourth-order valence-corrected chi connectivity index (χ4v) is 3.07.